The van der Waals surface area contributed by atoms with Gasteiger partial charge >= 0.3 is 0 Å². The molecule has 1 aromatic carbocycles. The van der Waals surface area contributed by atoms with Crippen LogP contribution in [-0.2, 0) is 4.79 Å². The first-order valence-electron chi connectivity index (χ1n) is 5.05. The highest BCUT2D eigenvalue weighted by Crippen LogP contribution is 2.32. The maximum absolute atomic E-state index is 11.9. The van der Waals surface area contributed by atoms with Crippen LogP contribution < -0.4 is 15.4 Å². The monoisotopic (exact) mass is 206 g/mol. The fraction of sp³-hybridized carbons (Fsp3) is 0.364. The molecule has 1 aliphatic rings. The number of carbonyl (C=O) groups is 1. The summed E-state index contributed by atoms with van der Waals surface area (Å²) >= 11 is 0. The standard InChI is InChI=1S/C11H14N2O2/c1-2-13-8-5-3-4-6-9(8)15-10(7-12)11(13)14/h3-6,10H,2,7,12H2,1H3. The van der Waals surface area contributed by atoms with Gasteiger partial charge in [0.15, 0.2) is 6.10 Å². The Morgan fingerprint density at radius 2 is 2.20 bits per heavy atom. The molecule has 2 N–H and O–H groups in total. The smallest absolute Gasteiger partial charge is 0.269 e. The minimum atomic E-state index is -0.542. The zero-order valence-electron chi connectivity index (χ0n) is 8.64. The molecule has 0 fully saturated rings. The predicted octanol–water partition coefficient (Wildman–Crippen LogP) is 0.759. The fourth-order valence-corrected chi connectivity index (χ4v) is 1.75. The maximum Gasteiger partial charge on any atom is 0.269 e. The minimum Gasteiger partial charge on any atom is -0.477 e. The number of hydrogen-bond acceptors (Lipinski definition) is 3. The second kappa shape index (κ2) is 3.90. The lowest BCUT2D eigenvalue weighted by molar-refractivity contribution is -0.125. The Labute approximate surface area is 88.6 Å². The van der Waals surface area contributed by atoms with Crippen molar-refractivity contribution in [3.63, 3.8) is 0 Å². The van der Waals surface area contributed by atoms with E-state index < -0.39 is 6.10 Å². The Bertz CT molecular complexity index is 379. The number of nitrogens with two attached hydrogens (primary N) is 1. The quantitative estimate of drug-likeness (QED) is 0.777. The van der Waals surface area contributed by atoms with Crippen molar-refractivity contribution in [2.45, 2.75) is 13.0 Å². The van der Waals surface area contributed by atoms with E-state index in [0.29, 0.717) is 6.54 Å². The molecule has 0 saturated carbocycles. The molecule has 1 amide bonds. The average molecular weight is 206 g/mol. The van der Waals surface area contributed by atoms with Gasteiger partial charge < -0.3 is 15.4 Å². The summed E-state index contributed by atoms with van der Waals surface area (Å²) in [5, 5.41) is 0. The van der Waals surface area contributed by atoms with Crippen molar-refractivity contribution in [1.82, 2.24) is 0 Å². The van der Waals surface area contributed by atoms with Crippen molar-refractivity contribution in [2.24, 2.45) is 5.73 Å². The molecule has 0 radical (unpaired) electrons. The molecule has 4 heteroatoms. The van der Waals surface area contributed by atoms with Crippen molar-refractivity contribution in [2.75, 3.05) is 18.0 Å². The lowest BCUT2D eigenvalue weighted by atomic mass is 10.2. The minimum absolute atomic E-state index is 0.0568. The van der Waals surface area contributed by atoms with Gasteiger partial charge in [-0.15, -0.1) is 0 Å². The van der Waals surface area contributed by atoms with Crippen LogP contribution in [0.25, 0.3) is 0 Å². The Balaban J connectivity index is 2.43. The molecule has 15 heavy (non-hydrogen) atoms. The molecule has 1 aromatic rings. The summed E-state index contributed by atoms with van der Waals surface area (Å²) in [7, 11) is 0. The summed E-state index contributed by atoms with van der Waals surface area (Å²) in [6, 6.07) is 7.51. The van der Waals surface area contributed by atoms with E-state index in [2.05, 4.69) is 0 Å². The molecule has 0 bridgehead atoms. The van der Waals surface area contributed by atoms with Crippen molar-refractivity contribution >= 4 is 11.6 Å². The largest absolute Gasteiger partial charge is 0.477 e. The number of hydrogen-bond donors (Lipinski definition) is 1. The van der Waals surface area contributed by atoms with Gasteiger partial charge in [-0.1, -0.05) is 12.1 Å². The van der Waals surface area contributed by atoms with Crippen molar-refractivity contribution in [3.05, 3.63) is 24.3 Å². The van der Waals surface area contributed by atoms with E-state index in [0.717, 1.165) is 11.4 Å². The highest BCUT2D eigenvalue weighted by Gasteiger charge is 2.31. The lowest BCUT2D eigenvalue weighted by Gasteiger charge is -2.33. The molecular weight excluding hydrogens is 192 g/mol. The van der Waals surface area contributed by atoms with Crippen LogP contribution in [0, 0.1) is 0 Å². The zero-order valence-corrected chi connectivity index (χ0v) is 8.64. The van der Waals surface area contributed by atoms with E-state index in [4.69, 9.17) is 10.5 Å². The molecule has 0 aliphatic carbocycles. The molecule has 4 nitrogen and oxygen atoms in total. The normalized spacial score (nSPS) is 19.7. The summed E-state index contributed by atoms with van der Waals surface area (Å²) in [5.41, 5.74) is 6.32. The van der Waals surface area contributed by atoms with Crippen LogP contribution in [0.3, 0.4) is 0 Å². The van der Waals surface area contributed by atoms with Crippen molar-refractivity contribution < 1.29 is 9.53 Å². The topological polar surface area (TPSA) is 55.6 Å². The van der Waals surface area contributed by atoms with Crippen LogP contribution in [0.4, 0.5) is 5.69 Å². The molecule has 80 valence electrons. The number of carbonyl (C=O) groups excluding carboxylic acids is 1. The third-order valence-electron chi connectivity index (χ3n) is 2.50. The number of anilines is 1. The number of benzene rings is 1. The fourth-order valence-electron chi connectivity index (χ4n) is 1.75. The van der Waals surface area contributed by atoms with E-state index in [1.165, 1.54) is 0 Å². The van der Waals surface area contributed by atoms with Crippen molar-refractivity contribution in [3.8, 4) is 5.75 Å². The van der Waals surface area contributed by atoms with Gasteiger partial charge in [0.05, 0.1) is 5.69 Å². The second-order valence-electron chi connectivity index (χ2n) is 3.39. The molecule has 1 aliphatic heterocycles. The predicted molar refractivity (Wildman–Crippen MR) is 57.9 cm³/mol. The number of para-hydroxylation sites is 2. The first-order valence-corrected chi connectivity index (χ1v) is 5.05. The highest BCUT2D eigenvalue weighted by atomic mass is 16.5. The van der Waals surface area contributed by atoms with Gasteiger partial charge in [-0.25, -0.2) is 0 Å². The van der Waals surface area contributed by atoms with E-state index in [9.17, 15) is 4.79 Å². The van der Waals surface area contributed by atoms with E-state index >= 15 is 0 Å². The first-order chi connectivity index (χ1) is 7.27. The summed E-state index contributed by atoms with van der Waals surface area (Å²) in [5.74, 6) is 0.674. The Hall–Kier alpha value is -1.55. The van der Waals surface area contributed by atoms with Crippen LogP contribution in [0.2, 0.25) is 0 Å². The van der Waals surface area contributed by atoms with Crippen LogP contribution in [-0.4, -0.2) is 25.1 Å². The van der Waals surface area contributed by atoms with Gasteiger partial charge in [0.1, 0.15) is 5.75 Å². The molecule has 0 saturated heterocycles. The maximum atomic E-state index is 11.9. The number of ether oxygens (including phenoxy) is 1. The average Bonchev–Trinajstić information content (AvgIpc) is 2.28. The SMILES string of the molecule is CCN1C(=O)C(CN)Oc2ccccc21. The van der Waals surface area contributed by atoms with Gasteiger partial charge in [0.25, 0.3) is 5.91 Å². The summed E-state index contributed by atoms with van der Waals surface area (Å²) < 4.78 is 5.51. The van der Waals surface area contributed by atoms with Gasteiger partial charge in [0, 0.05) is 13.1 Å². The van der Waals surface area contributed by atoms with Crippen LogP contribution in [0.5, 0.6) is 5.75 Å². The van der Waals surface area contributed by atoms with Gasteiger partial charge in [-0.2, -0.15) is 0 Å². The molecule has 1 heterocycles. The Morgan fingerprint density at radius 1 is 1.47 bits per heavy atom. The second-order valence-corrected chi connectivity index (χ2v) is 3.39. The van der Waals surface area contributed by atoms with Crippen LogP contribution in [0.15, 0.2) is 24.3 Å². The van der Waals surface area contributed by atoms with E-state index in [1.807, 2.05) is 31.2 Å². The summed E-state index contributed by atoms with van der Waals surface area (Å²) in [4.78, 5) is 13.6. The van der Waals surface area contributed by atoms with Gasteiger partial charge in [-0.05, 0) is 19.1 Å². The third kappa shape index (κ3) is 1.57. The summed E-state index contributed by atoms with van der Waals surface area (Å²) in [6.07, 6.45) is -0.542. The molecular formula is C11H14N2O2. The third-order valence-corrected chi connectivity index (χ3v) is 2.50. The van der Waals surface area contributed by atoms with E-state index in [-0.39, 0.29) is 12.5 Å². The Morgan fingerprint density at radius 3 is 2.87 bits per heavy atom. The van der Waals surface area contributed by atoms with Gasteiger partial charge in [0.2, 0.25) is 0 Å². The zero-order chi connectivity index (χ0) is 10.8. The molecule has 0 aromatic heterocycles. The van der Waals surface area contributed by atoms with Crippen LogP contribution >= 0.6 is 0 Å². The van der Waals surface area contributed by atoms with Crippen LogP contribution in [0.1, 0.15) is 6.92 Å². The molecule has 0 spiro atoms. The highest BCUT2D eigenvalue weighted by molar-refractivity contribution is 6.00. The van der Waals surface area contributed by atoms with Gasteiger partial charge in [-0.3, -0.25) is 4.79 Å². The number of fused-ring (bicyclic) bond motifs is 1. The number of rotatable bonds is 2. The molecule has 2 rings (SSSR count). The number of nitrogens with zero attached hydrogens (tertiary/aromatic N) is 1. The Kier molecular flexibility index (Phi) is 2.60. The molecule has 1 unspecified atom stereocenters. The lowest BCUT2D eigenvalue weighted by Crippen LogP contribution is -2.49. The number of amides is 1. The molecule has 1 atom stereocenters. The first kappa shape index (κ1) is 9.98. The number of likely N-dealkylation sites (N-methyl/N-ethyl adjacent to an activating group) is 1. The summed E-state index contributed by atoms with van der Waals surface area (Å²) in [6.45, 7) is 2.78. The van der Waals surface area contributed by atoms with Crippen molar-refractivity contribution in [1.29, 1.82) is 0 Å². The van der Waals surface area contributed by atoms with E-state index in [1.54, 1.807) is 4.90 Å².